The van der Waals surface area contributed by atoms with E-state index < -0.39 is 0 Å². The van der Waals surface area contributed by atoms with Crippen LogP contribution < -0.4 is 5.32 Å². The lowest BCUT2D eigenvalue weighted by Gasteiger charge is -2.34. The van der Waals surface area contributed by atoms with E-state index in [9.17, 15) is 4.79 Å². The number of hydrogen-bond acceptors (Lipinski definition) is 3. The Balaban J connectivity index is 2.49. The van der Waals surface area contributed by atoms with Crippen molar-refractivity contribution >= 4 is 11.9 Å². The molecule has 0 aromatic carbocycles. The molecule has 1 rings (SSSR count). The first-order chi connectivity index (χ1) is 9.58. The summed E-state index contributed by atoms with van der Waals surface area (Å²) in [5, 5.41) is 3.39. The van der Waals surface area contributed by atoms with Crippen molar-refractivity contribution in [2.45, 2.75) is 40.0 Å². The topological polar surface area (TPSA) is 53.9 Å². The van der Waals surface area contributed by atoms with E-state index in [4.69, 9.17) is 4.74 Å². The van der Waals surface area contributed by atoms with E-state index >= 15 is 0 Å². The largest absolute Gasteiger partial charge is 0.466 e. The van der Waals surface area contributed by atoms with E-state index in [-0.39, 0.29) is 11.9 Å². The first kappa shape index (κ1) is 16.8. The number of hydrogen-bond donors (Lipinski definition) is 1. The maximum absolute atomic E-state index is 11.8. The Morgan fingerprint density at radius 2 is 2.25 bits per heavy atom. The average Bonchev–Trinajstić information content (AvgIpc) is 2.44. The third-order valence-corrected chi connectivity index (χ3v) is 3.56. The number of carbonyl (C=O) groups is 1. The minimum atomic E-state index is -0.0742. The summed E-state index contributed by atoms with van der Waals surface area (Å²) in [6, 6.07) is 0. The van der Waals surface area contributed by atoms with Crippen LogP contribution in [0, 0.1) is 11.8 Å². The minimum absolute atomic E-state index is 0.0210. The number of piperidine rings is 1. The summed E-state index contributed by atoms with van der Waals surface area (Å²) >= 11 is 0. The maximum atomic E-state index is 11.8. The van der Waals surface area contributed by atoms with Gasteiger partial charge in [0.1, 0.15) is 0 Å². The molecule has 116 valence electrons. The van der Waals surface area contributed by atoms with Crippen LogP contribution in [0.25, 0.3) is 0 Å². The van der Waals surface area contributed by atoms with Gasteiger partial charge in [0, 0.05) is 26.7 Å². The summed E-state index contributed by atoms with van der Waals surface area (Å²) in [6.07, 6.45) is 3.04. The Morgan fingerprint density at radius 3 is 2.85 bits per heavy atom. The molecule has 1 aliphatic rings. The lowest BCUT2D eigenvalue weighted by atomic mass is 9.98. The molecule has 0 aromatic heterocycles. The number of nitrogens with zero attached hydrogens (tertiary/aromatic N) is 2. The summed E-state index contributed by atoms with van der Waals surface area (Å²) in [6.45, 7) is 9.31. The van der Waals surface area contributed by atoms with Gasteiger partial charge in [-0.15, -0.1) is 0 Å². The van der Waals surface area contributed by atoms with Gasteiger partial charge in [0.2, 0.25) is 0 Å². The molecule has 1 N–H and O–H groups in total. The molecule has 1 heterocycles. The van der Waals surface area contributed by atoms with Crippen molar-refractivity contribution in [2.75, 3.05) is 33.3 Å². The van der Waals surface area contributed by atoms with Crippen molar-refractivity contribution in [1.29, 1.82) is 0 Å². The molecule has 0 amide bonds. The fourth-order valence-electron chi connectivity index (χ4n) is 2.43. The predicted octanol–water partition coefficient (Wildman–Crippen LogP) is 1.88. The molecule has 1 unspecified atom stereocenters. The summed E-state index contributed by atoms with van der Waals surface area (Å²) < 4.78 is 5.13. The number of nitrogens with one attached hydrogen (secondary N) is 1. The molecule has 1 fully saturated rings. The highest BCUT2D eigenvalue weighted by Gasteiger charge is 2.28. The molecule has 0 aromatic rings. The Hall–Kier alpha value is -1.26. The van der Waals surface area contributed by atoms with Gasteiger partial charge in [-0.05, 0) is 32.1 Å². The Kier molecular flexibility index (Phi) is 7.41. The van der Waals surface area contributed by atoms with Crippen LogP contribution in [-0.4, -0.2) is 50.1 Å². The molecular weight excluding hydrogens is 254 g/mol. The number of ether oxygens (including phenoxy) is 1. The van der Waals surface area contributed by atoms with Crippen LogP contribution >= 0.6 is 0 Å². The summed E-state index contributed by atoms with van der Waals surface area (Å²) in [4.78, 5) is 18.3. The van der Waals surface area contributed by atoms with E-state index in [2.05, 4.69) is 29.1 Å². The van der Waals surface area contributed by atoms with Gasteiger partial charge in [-0.25, -0.2) is 0 Å². The van der Waals surface area contributed by atoms with Crippen molar-refractivity contribution in [3.8, 4) is 0 Å². The first-order valence-electron chi connectivity index (χ1n) is 7.70. The van der Waals surface area contributed by atoms with Gasteiger partial charge < -0.3 is 15.0 Å². The fraction of sp³-hybridized carbons (Fsp3) is 0.867. The Bertz CT molecular complexity index is 329. The van der Waals surface area contributed by atoms with Crippen LogP contribution in [0.3, 0.4) is 0 Å². The molecule has 0 spiro atoms. The van der Waals surface area contributed by atoms with Crippen LogP contribution in [0.4, 0.5) is 0 Å². The molecule has 1 atom stereocenters. The molecule has 20 heavy (non-hydrogen) atoms. The number of carbonyl (C=O) groups excluding carboxylic acids is 1. The van der Waals surface area contributed by atoms with Gasteiger partial charge in [0.05, 0.1) is 12.5 Å². The Morgan fingerprint density at radius 1 is 1.50 bits per heavy atom. The van der Waals surface area contributed by atoms with Crippen LogP contribution in [0.15, 0.2) is 4.99 Å². The zero-order chi connectivity index (χ0) is 15.0. The Labute approximate surface area is 122 Å². The molecular formula is C15H29N3O2. The summed E-state index contributed by atoms with van der Waals surface area (Å²) in [5.41, 5.74) is 0. The molecule has 1 saturated heterocycles. The quantitative estimate of drug-likeness (QED) is 0.475. The molecule has 5 heteroatoms. The van der Waals surface area contributed by atoms with Gasteiger partial charge in [-0.1, -0.05) is 13.8 Å². The SMILES string of the molecule is CCOC(=O)C1CCCN(C(=NC)NCCC(C)C)C1. The third-order valence-electron chi connectivity index (χ3n) is 3.56. The number of esters is 1. The molecule has 5 nitrogen and oxygen atoms in total. The van der Waals surface area contributed by atoms with E-state index in [1.807, 2.05) is 6.92 Å². The van der Waals surface area contributed by atoms with Gasteiger partial charge >= 0.3 is 5.97 Å². The maximum Gasteiger partial charge on any atom is 0.310 e. The second kappa shape index (κ2) is 8.82. The van der Waals surface area contributed by atoms with E-state index in [0.717, 1.165) is 38.3 Å². The van der Waals surface area contributed by atoms with E-state index in [1.54, 1.807) is 7.05 Å². The minimum Gasteiger partial charge on any atom is -0.466 e. The van der Waals surface area contributed by atoms with Crippen LogP contribution in [0.5, 0.6) is 0 Å². The number of rotatable bonds is 5. The number of guanidine groups is 1. The second-order valence-corrected chi connectivity index (χ2v) is 5.69. The van der Waals surface area contributed by atoms with Gasteiger partial charge in [0.15, 0.2) is 5.96 Å². The molecule has 0 radical (unpaired) electrons. The highest BCUT2D eigenvalue weighted by molar-refractivity contribution is 5.81. The van der Waals surface area contributed by atoms with Crippen LogP contribution in [0.1, 0.15) is 40.0 Å². The smallest absolute Gasteiger partial charge is 0.310 e. The van der Waals surface area contributed by atoms with Crippen LogP contribution in [-0.2, 0) is 9.53 Å². The average molecular weight is 283 g/mol. The molecule has 0 bridgehead atoms. The van der Waals surface area contributed by atoms with Crippen molar-refractivity contribution in [3.05, 3.63) is 0 Å². The first-order valence-corrected chi connectivity index (χ1v) is 7.70. The monoisotopic (exact) mass is 283 g/mol. The highest BCUT2D eigenvalue weighted by Crippen LogP contribution is 2.18. The lowest BCUT2D eigenvalue weighted by Crippen LogP contribution is -2.48. The molecule has 1 aliphatic heterocycles. The van der Waals surface area contributed by atoms with Gasteiger partial charge in [-0.2, -0.15) is 0 Å². The second-order valence-electron chi connectivity index (χ2n) is 5.69. The highest BCUT2D eigenvalue weighted by atomic mass is 16.5. The van der Waals surface area contributed by atoms with E-state index in [1.165, 1.54) is 0 Å². The molecule has 0 aliphatic carbocycles. The van der Waals surface area contributed by atoms with Crippen LogP contribution in [0.2, 0.25) is 0 Å². The van der Waals surface area contributed by atoms with E-state index in [0.29, 0.717) is 19.1 Å². The van der Waals surface area contributed by atoms with Gasteiger partial charge in [0.25, 0.3) is 0 Å². The zero-order valence-corrected chi connectivity index (χ0v) is 13.3. The molecule has 0 saturated carbocycles. The standard InChI is InChI=1S/C15H29N3O2/c1-5-20-14(19)13-7-6-10-18(11-13)15(16-4)17-9-8-12(2)3/h12-13H,5-11H2,1-4H3,(H,16,17). The van der Waals surface area contributed by atoms with Crippen molar-refractivity contribution in [3.63, 3.8) is 0 Å². The zero-order valence-electron chi connectivity index (χ0n) is 13.3. The van der Waals surface area contributed by atoms with Crippen molar-refractivity contribution < 1.29 is 9.53 Å². The fourth-order valence-corrected chi connectivity index (χ4v) is 2.43. The van der Waals surface area contributed by atoms with Crippen molar-refractivity contribution in [1.82, 2.24) is 10.2 Å². The lowest BCUT2D eigenvalue weighted by molar-refractivity contribution is -0.149. The number of likely N-dealkylation sites (tertiary alicyclic amines) is 1. The summed E-state index contributed by atoms with van der Waals surface area (Å²) in [5.74, 6) is 1.48. The van der Waals surface area contributed by atoms with Crippen molar-refractivity contribution in [2.24, 2.45) is 16.8 Å². The van der Waals surface area contributed by atoms with Gasteiger partial charge in [-0.3, -0.25) is 9.79 Å². The normalized spacial score (nSPS) is 20.1. The predicted molar refractivity (Wildman–Crippen MR) is 81.7 cm³/mol. The summed E-state index contributed by atoms with van der Waals surface area (Å²) in [7, 11) is 1.80. The third kappa shape index (κ3) is 5.39. The number of aliphatic imine (C=N–C) groups is 1.